The smallest absolute Gasteiger partial charge is 0.338 e. The highest BCUT2D eigenvalue weighted by molar-refractivity contribution is 5.89. The van der Waals surface area contributed by atoms with Crippen LogP contribution in [0.3, 0.4) is 0 Å². The molecule has 2 aromatic carbocycles. The molecule has 0 N–H and O–H groups in total. The van der Waals surface area contributed by atoms with Crippen molar-refractivity contribution in [2.24, 2.45) is 0 Å². The standard InChI is InChI=1S/C18H18O4/c19-17(15-7-3-1-4-8-15)22-13-18(11-20-14-21-12-18)16-9-5-2-6-10-16/h1-10H,11-14H2. The second-order valence-corrected chi connectivity index (χ2v) is 5.40. The van der Waals surface area contributed by atoms with Crippen LogP contribution >= 0.6 is 0 Å². The summed E-state index contributed by atoms with van der Waals surface area (Å²) in [5.74, 6) is -0.332. The highest BCUT2D eigenvalue weighted by Gasteiger charge is 2.37. The van der Waals surface area contributed by atoms with E-state index in [1.165, 1.54) is 0 Å². The van der Waals surface area contributed by atoms with Crippen molar-refractivity contribution < 1.29 is 19.0 Å². The molecule has 22 heavy (non-hydrogen) atoms. The third kappa shape index (κ3) is 3.18. The van der Waals surface area contributed by atoms with Gasteiger partial charge in [-0.1, -0.05) is 48.5 Å². The van der Waals surface area contributed by atoms with Gasteiger partial charge in [0.1, 0.15) is 13.4 Å². The molecule has 1 fully saturated rings. The minimum Gasteiger partial charge on any atom is -0.461 e. The first-order chi connectivity index (χ1) is 10.8. The fourth-order valence-corrected chi connectivity index (χ4v) is 2.56. The average molecular weight is 298 g/mol. The molecule has 4 heteroatoms. The van der Waals surface area contributed by atoms with Crippen LogP contribution < -0.4 is 0 Å². The van der Waals surface area contributed by atoms with Gasteiger partial charge in [0.25, 0.3) is 0 Å². The van der Waals surface area contributed by atoms with E-state index in [4.69, 9.17) is 14.2 Å². The summed E-state index contributed by atoms with van der Waals surface area (Å²) >= 11 is 0. The zero-order valence-electron chi connectivity index (χ0n) is 12.2. The maximum atomic E-state index is 12.2. The number of hydrogen-bond acceptors (Lipinski definition) is 4. The summed E-state index contributed by atoms with van der Waals surface area (Å²) in [6.07, 6.45) is 0. The third-order valence-electron chi connectivity index (χ3n) is 3.80. The monoisotopic (exact) mass is 298 g/mol. The summed E-state index contributed by atoms with van der Waals surface area (Å²) in [6, 6.07) is 18.9. The maximum absolute atomic E-state index is 12.2. The van der Waals surface area contributed by atoms with E-state index in [0.717, 1.165) is 5.56 Å². The van der Waals surface area contributed by atoms with E-state index in [2.05, 4.69) is 0 Å². The molecule has 0 aromatic heterocycles. The molecule has 0 unspecified atom stereocenters. The van der Waals surface area contributed by atoms with E-state index >= 15 is 0 Å². The molecule has 114 valence electrons. The predicted molar refractivity (Wildman–Crippen MR) is 81.6 cm³/mol. The van der Waals surface area contributed by atoms with Crippen molar-refractivity contribution in [1.82, 2.24) is 0 Å². The summed E-state index contributed by atoms with van der Waals surface area (Å²) in [6.45, 7) is 1.45. The molecule has 1 aliphatic rings. The molecule has 4 nitrogen and oxygen atoms in total. The van der Waals surface area contributed by atoms with Gasteiger partial charge in [0.05, 0.1) is 24.2 Å². The number of rotatable bonds is 4. The molecular weight excluding hydrogens is 280 g/mol. The first-order valence-electron chi connectivity index (χ1n) is 7.23. The van der Waals surface area contributed by atoms with Crippen molar-refractivity contribution in [3.63, 3.8) is 0 Å². The quantitative estimate of drug-likeness (QED) is 0.814. The number of benzene rings is 2. The van der Waals surface area contributed by atoms with Crippen LogP contribution in [-0.2, 0) is 19.6 Å². The van der Waals surface area contributed by atoms with Crippen molar-refractivity contribution in [2.75, 3.05) is 26.6 Å². The average Bonchev–Trinajstić information content (AvgIpc) is 2.62. The molecule has 0 atom stereocenters. The highest BCUT2D eigenvalue weighted by atomic mass is 16.7. The molecule has 1 aliphatic heterocycles. The van der Waals surface area contributed by atoms with Gasteiger partial charge in [-0.2, -0.15) is 0 Å². The summed E-state index contributed by atoms with van der Waals surface area (Å²) in [4.78, 5) is 12.2. The maximum Gasteiger partial charge on any atom is 0.338 e. The Labute approximate surface area is 129 Å². The van der Waals surface area contributed by atoms with Crippen LogP contribution in [0.4, 0.5) is 0 Å². The number of hydrogen-bond donors (Lipinski definition) is 0. The van der Waals surface area contributed by atoms with Crippen LogP contribution in [0.1, 0.15) is 15.9 Å². The van der Waals surface area contributed by atoms with Crippen molar-refractivity contribution in [2.45, 2.75) is 5.41 Å². The summed E-state index contributed by atoms with van der Waals surface area (Å²) < 4.78 is 16.5. The van der Waals surface area contributed by atoms with Crippen LogP contribution in [0.25, 0.3) is 0 Å². The lowest BCUT2D eigenvalue weighted by molar-refractivity contribution is -0.148. The molecule has 1 heterocycles. The first-order valence-corrected chi connectivity index (χ1v) is 7.23. The molecule has 2 aromatic rings. The van der Waals surface area contributed by atoms with Crippen LogP contribution in [0.15, 0.2) is 60.7 Å². The Bertz CT molecular complexity index is 603. The van der Waals surface area contributed by atoms with Crippen LogP contribution in [0.2, 0.25) is 0 Å². The highest BCUT2D eigenvalue weighted by Crippen LogP contribution is 2.28. The molecule has 0 saturated carbocycles. The lowest BCUT2D eigenvalue weighted by Crippen LogP contribution is -2.45. The number of ether oxygens (including phenoxy) is 3. The molecule has 0 amide bonds. The first kappa shape index (κ1) is 14.8. The van der Waals surface area contributed by atoms with E-state index in [-0.39, 0.29) is 19.4 Å². The SMILES string of the molecule is O=C(OCC1(c2ccccc2)COCOC1)c1ccccc1. The third-order valence-corrected chi connectivity index (χ3v) is 3.80. The molecule has 0 bridgehead atoms. The van der Waals surface area contributed by atoms with E-state index in [9.17, 15) is 4.79 Å². The van der Waals surface area contributed by atoms with Crippen LogP contribution in [0.5, 0.6) is 0 Å². The van der Waals surface area contributed by atoms with E-state index in [1.54, 1.807) is 12.1 Å². The minimum absolute atomic E-state index is 0.227. The lowest BCUT2D eigenvalue weighted by Gasteiger charge is -2.36. The van der Waals surface area contributed by atoms with Gasteiger partial charge in [-0.25, -0.2) is 4.79 Å². The summed E-state index contributed by atoms with van der Waals surface area (Å²) in [5.41, 5.74) is 1.14. The van der Waals surface area contributed by atoms with Crippen molar-refractivity contribution in [3.8, 4) is 0 Å². The number of carbonyl (C=O) groups is 1. The van der Waals surface area contributed by atoms with Gasteiger partial charge in [-0.15, -0.1) is 0 Å². The summed E-state index contributed by atoms with van der Waals surface area (Å²) in [5, 5.41) is 0. The largest absolute Gasteiger partial charge is 0.461 e. The number of esters is 1. The fraction of sp³-hybridized carbons (Fsp3) is 0.278. The topological polar surface area (TPSA) is 44.8 Å². The predicted octanol–water partition coefficient (Wildman–Crippen LogP) is 2.79. The lowest BCUT2D eigenvalue weighted by atomic mass is 9.82. The van der Waals surface area contributed by atoms with Crippen molar-refractivity contribution >= 4 is 5.97 Å². The Morgan fingerprint density at radius 1 is 0.955 bits per heavy atom. The van der Waals surface area contributed by atoms with Gasteiger partial charge in [0.15, 0.2) is 0 Å². The Kier molecular flexibility index (Phi) is 4.51. The van der Waals surface area contributed by atoms with E-state index in [0.29, 0.717) is 18.8 Å². The molecule has 0 spiro atoms. The van der Waals surface area contributed by atoms with Gasteiger partial charge in [-0.05, 0) is 17.7 Å². The zero-order valence-corrected chi connectivity index (χ0v) is 12.2. The van der Waals surface area contributed by atoms with Gasteiger partial charge in [-0.3, -0.25) is 0 Å². The van der Waals surface area contributed by atoms with E-state index < -0.39 is 5.41 Å². The van der Waals surface area contributed by atoms with Crippen LogP contribution in [0, 0.1) is 0 Å². The molecular formula is C18H18O4. The van der Waals surface area contributed by atoms with Gasteiger partial charge in [0.2, 0.25) is 0 Å². The Balaban J connectivity index is 1.75. The Morgan fingerprint density at radius 3 is 2.18 bits per heavy atom. The van der Waals surface area contributed by atoms with Gasteiger partial charge in [0, 0.05) is 0 Å². The number of carbonyl (C=O) groups excluding carboxylic acids is 1. The van der Waals surface area contributed by atoms with Gasteiger partial charge >= 0.3 is 5.97 Å². The normalized spacial score (nSPS) is 16.9. The van der Waals surface area contributed by atoms with Crippen molar-refractivity contribution in [3.05, 3.63) is 71.8 Å². The van der Waals surface area contributed by atoms with Crippen LogP contribution in [-0.4, -0.2) is 32.6 Å². The molecule has 0 aliphatic carbocycles. The molecule has 0 radical (unpaired) electrons. The van der Waals surface area contributed by atoms with E-state index in [1.807, 2.05) is 48.5 Å². The van der Waals surface area contributed by atoms with Crippen molar-refractivity contribution in [1.29, 1.82) is 0 Å². The second kappa shape index (κ2) is 6.73. The Morgan fingerprint density at radius 2 is 1.55 bits per heavy atom. The minimum atomic E-state index is -0.454. The molecule has 1 saturated heterocycles. The Hall–Kier alpha value is -2.17. The zero-order chi connectivity index (χ0) is 15.3. The fourth-order valence-electron chi connectivity index (χ4n) is 2.56. The summed E-state index contributed by atoms with van der Waals surface area (Å²) in [7, 11) is 0. The second-order valence-electron chi connectivity index (χ2n) is 5.40. The molecule has 3 rings (SSSR count). The van der Waals surface area contributed by atoms with Gasteiger partial charge < -0.3 is 14.2 Å².